The number of amides is 1. The van der Waals surface area contributed by atoms with Crippen LogP contribution in [-0.4, -0.2) is 70.1 Å². The van der Waals surface area contributed by atoms with Crippen molar-refractivity contribution in [1.29, 1.82) is 0 Å². The third kappa shape index (κ3) is 5.45. The molecule has 36 heavy (non-hydrogen) atoms. The molecule has 0 saturated carbocycles. The van der Waals surface area contributed by atoms with Crippen molar-refractivity contribution in [3.63, 3.8) is 0 Å². The van der Waals surface area contributed by atoms with Gasteiger partial charge in [-0.25, -0.2) is 9.97 Å². The number of carbonyl (C=O) groups excluding carboxylic acids is 1. The number of aromatic amines is 1. The third-order valence-electron chi connectivity index (χ3n) is 6.26. The summed E-state index contributed by atoms with van der Waals surface area (Å²) in [4.78, 5) is 27.4. The van der Waals surface area contributed by atoms with Crippen LogP contribution in [0, 0.1) is 13.8 Å². The minimum absolute atomic E-state index is 0.0796. The number of H-pyrrole nitrogens is 1. The second-order valence-corrected chi connectivity index (χ2v) is 9.74. The summed E-state index contributed by atoms with van der Waals surface area (Å²) in [7, 11) is 2.06. The molecule has 5 N–H and O–H groups in total. The lowest BCUT2D eigenvalue weighted by Gasteiger charge is -2.17. The Morgan fingerprint density at radius 2 is 2.00 bits per heavy atom. The number of fused-ring (bicyclic) bond motifs is 1. The molecule has 0 bridgehead atoms. The average molecular weight is 554 g/mol. The zero-order valence-electron chi connectivity index (χ0n) is 21.2. The lowest BCUT2D eigenvalue weighted by atomic mass is 10.1. The Kier molecular flexibility index (Phi) is 8.07. The average Bonchev–Trinajstić information content (AvgIpc) is 3.42. The summed E-state index contributed by atoms with van der Waals surface area (Å²) in [6, 6.07) is 9.75. The van der Waals surface area contributed by atoms with Crippen LogP contribution in [0.25, 0.3) is 28.2 Å². The molecule has 1 amide bonds. The standard InChI is InChI=1S/C26H33BrN8O/c1-5-29-9-11-34(4)12-10-30-26(36)18-7-6-8-19(14-18)35-16(2)13-20(17(35)3)24-32-23-22(28)21(27)15-31-25(23)33-24/h6-8,13-15,29H,5,9-12H2,1-4H3,(H,30,36)(H3,28,31,32,33). The Morgan fingerprint density at radius 3 is 2.78 bits per heavy atom. The van der Waals surface area contributed by atoms with E-state index in [1.165, 1.54) is 0 Å². The van der Waals surface area contributed by atoms with Gasteiger partial charge in [0.25, 0.3) is 5.91 Å². The molecule has 0 aliphatic carbocycles. The maximum Gasteiger partial charge on any atom is 0.251 e. The molecule has 190 valence electrons. The van der Waals surface area contributed by atoms with Crippen molar-refractivity contribution in [2.45, 2.75) is 20.8 Å². The van der Waals surface area contributed by atoms with Crippen molar-refractivity contribution in [3.05, 3.63) is 58.0 Å². The van der Waals surface area contributed by atoms with Gasteiger partial charge < -0.3 is 30.8 Å². The summed E-state index contributed by atoms with van der Waals surface area (Å²) < 4.78 is 2.85. The number of nitrogens with zero attached hydrogens (tertiary/aromatic N) is 4. The van der Waals surface area contributed by atoms with Crippen LogP contribution in [0.2, 0.25) is 0 Å². The summed E-state index contributed by atoms with van der Waals surface area (Å²) in [6.45, 7) is 10.4. The fraction of sp³-hybridized carbons (Fsp3) is 0.346. The summed E-state index contributed by atoms with van der Waals surface area (Å²) in [5.41, 5.74) is 12.6. The van der Waals surface area contributed by atoms with E-state index >= 15 is 0 Å². The molecule has 0 fully saturated rings. The Hall–Kier alpha value is -3.21. The number of pyridine rings is 1. The van der Waals surface area contributed by atoms with Gasteiger partial charge in [0, 0.05) is 60.6 Å². The highest BCUT2D eigenvalue weighted by Gasteiger charge is 2.18. The Bertz CT molecular complexity index is 1380. The van der Waals surface area contributed by atoms with Gasteiger partial charge in [0.1, 0.15) is 11.3 Å². The fourth-order valence-electron chi connectivity index (χ4n) is 4.29. The van der Waals surface area contributed by atoms with Gasteiger partial charge in [-0.3, -0.25) is 4.79 Å². The topological polar surface area (TPSA) is 117 Å². The number of rotatable bonds is 10. The van der Waals surface area contributed by atoms with Gasteiger partial charge in [-0.15, -0.1) is 0 Å². The predicted molar refractivity (Wildman–Crippen MR) is 149 cm³/mol. The van der Waals surface area contributed by atoms with Crippen LogP contribution in [-0.2, 0) is 0 Å². The van der Waals surface area contributed by atoms with Gasteiger partial charge in [0.15, 0.2) is 5.65 Å². The zero-order valence-corrected chi connectivity index (χ0v) is 22.7. The molecule has 4 rings (SSSR count). The van der Waals surface area contributed by atoms with Crippen molar-refractivity contribution in [3.8, 4) is 17.1 Å². The number of hydrogen-bond donors (Lipinski definition) is 4. The van der Waals surface area contributed by atoms with Crippen molar-refractivity contribution in [1.82, 2.24) is 35.1 Å². The molecule has 0 spiro atoms. The molecule has 3 heterocycles. The third-order valence-corrected chi connectivity index (χ3v) is 6.90. The van der Waals surface area contributed by atoms with Crippen molar-refractivity contribution in [2.24, 2.45) is 0 Å². The van der Waals surface area contributed by atoms with Gasteiger partial charge in [-0.2, -0.15) is 0 Å². The van der Waals surface area contributed by atoms with Crippen molar-refractivity contribution in [2.75, 3.05) is 45.5 Å². The summed E-state index contributed by atoms with van der Waals surface area (Å²) in [5.74, 6) is 0.623. The van der Waals surface area contributed by atoms with Crippen molar-refractivity contribution >= 4 is 38.7 Å². The van der Waals surface area contributed by atoms with E-state index in [0.29, 0.717) is 34.8 Å². The van der Waals surface area contributed by atoms with Crippen LogP contribution in [0.15, 0.2) is 41.0 Å². The van der Waals surface area contributed by atoms with Crippen LogP contribution in [0.3, 0.4) is 0 Å². The van der Waals surface area contributed by atoms with Gasteiger partial charge in [-0.05, 0) is 67.6 Å². The molecular weight excluding hydrogens is 520 g/mol. The van der Waals surface area contributed by atoms with E-state index in [0.717, 1.165) is 53.3 Å². The van der Waals surface area contributed by atoms with Gasteiger partial charge in [-0.1, -0.05) is 13.0 Å². The Labute approximate surface area is 219 Å². The minimum Gasteiger partial charge on any atom is -0.396 e. The zero-order chi connectivity index (χ0) is 25.8. The summed E-state index contributed by atoms with van der Waals surface area (Å²) >= 11 is 3.42. The molecule has 0 atom stereocenters. The smallest absolute Gasteiger partial charge is 0.251 e. The number of hydrogen-bond acceptors (Lipinski definition) is 6. The number of nitrogens with one attached hydrogen (secondary N) is 3. The van der Waals surface area contributed by atoms with E-state index in [9.17, 15) is 4.79 Å². The van der Waals surface area contributed by atoms with Crippen LogP contribution < -0.4 is 16.4 Å². The quantitative estimate of drug-likeness (QED) is 0.223. The van der Waals surface area contributed by atoms with E-state index < -0.39 is 0 Å². The van der Waals surface area contributed by atoms with E-state index in [2.05, 4.69) is 71.0 Å². The van der Waals surface area contributed by atoms with Crippen LogP contribution in [0.5, 0.6) is 0 Å². The second-order valence-electron chi connectivity index (χ2n) is 8.89. The number of anilines is 1. The van der Waals surface area contributed by atoms with Gasteiger partial charge >= 0.3 is 0 Å². The molecule has 0 saturated heterocycles. The maximum absolute atomic E-state index is 12.8. The minimum atomic E-state index is -0.0796. The normalized spacial score (nSPS) is 11.5. The first-order chi connectivity index (χ1) is 17.3. The molecule has 4 aromatic rings. The first-order valence-corrected chi connectivity index (χ1v) is 12.9. The monoisotopic (exact) mass is 552 g/mol. The molecular formula is C26H33BrN8O. The highest BCUT2D eigenvalue weighted by Crippen LogP contribution is 2.32. The summed E-state index contributed by atoms with van der Waals surface area (Å²) in [6.07, 6.45) is 1.66. The largest absolute Gasteiger partial charge is 0.396 e. The number of carbonyl (C=O) groups is 1. The van der Waals surface area contributed by atoms with Crippen molar-refractivity contribution < 1.29 is 4.79 Å². The van der Waals surface area contributed by atoms with Crippen LogP contribution in [0.1, 0.15) is 28.7 Å². The fourth-order valence-corrected chi connectivity index (χ4v) is 4.59. The number of halogens is 1. The lowest BCUT2D eigenvalue weighted by Crippen LogP contribution is -2.36. The lowest BCUT2D eigenvalue weighted by molar-refractivity contribution is 0.0950. The van der Waals surface area contributed by atoms with E-state index in [1.807, 2.05) is 38.1 Å². The second kappa shape index (κ2) is 11.2. The highest BCUT2D eigenvalue weighted by molar-refractivity contribution is 9.10. The number of likely N-dealkylation sites (N-methyl/N-ethyl adjacent to an activating group) is 2. The van der Waals surface area contributed by atoms with E-state index in [1.54, 1.807) is 6.20 Å². The molecule has 0 radical (unpaired) electrons. The molecule has 0 unspecified atom stereocenters. The first-order valence-electron chi connectivity index (χ1n) is 12.1. The number of aryl methyl sites for hydroxylation is 1. The molecule has 3 aromatic heterocycles. The Morgan fingerprint density at radius 1 is 1.22 bits per heavy atom. The highest BCUT2D eigenvalue weighted by atomic mass is 79.9. The van der Waals surface area contributed by atoms with Crippen LogP contribution >= 0.6 is 15.9 Å². The molecule has 9 nitrogen and oxygen atoms in total. The first kappa shape index (κ1) is 25.9. The number of nitrogens with two attached hydrogens (primary N) is 1. The van der Waals surface area contributed by atoms with Gasteiger partial charge in [0.05, 0.1) is 10.2 Å². The SMILES string of the molecule is CCNCCN(C)CCNC(=O)c1cccc(-n2c(C)cc(-c3nc4ncc(Br)c(N)c4[nH]3)c2C)c1. The Balaban J connectivity index is 1.52. The number of imidazole rings is 1. The number of aromatic nitrogens is 4. The predicted octanol–water partition coefficient (Wildman–Crippen LogP) is 3.65. The summed E-state index contributed by atoms with van der Waals surface area (Å²) in [5, 5.41) is 6.35. The maximum atomic E-state index is 12.8. The number of benzene rings is 1. The van der Waals surface area contributed by atoms with Gasteiger partial charge in [0.2, 0.25) is 0 Å². The molecule has 1 aromatic carbocycles. The van der Waals surface area contributed by atoms with E-state index in [4.69, 9.17) is 5.73 Å². The van der Waals surface area contributed by atoms with E-state index in [-0.39, 0.29) is 5.91 Å². The molecule has 10 heteroatoms. The van der Waals surface area contributed by atoms with Crippen LogP contribution in [0.4, 0.5) is 5.69 Å². The molecule has 0 aliphatic rings. The number of nitrogen functional groups attached to an aromatic ring is 1. The molecule has 0 aliphatic heterocycles.